The molecule has 1 amide bonds. The number of anilines is 2. The van der Waals surface area contributed by atoms with E-state index < -0.39 is 11.7 Å². The topological polar surface area (TPSA) is 83.4 Å². The number of aryl methyl sites for hydroxylation is 1. The number of nitriles is 1. The van der Waals surface area contributed by atoms with Crippen molar-refractivity contribution in [1.29, 1.82) is 5.26 Å². The molecule has 1 heterocycles. The van der Waals surface area contributed by atoms with Crippen LogP contribution < -0.4 is 10.8 Å². The summed E-state index contributed by atoms with van der Waals surface area (Å²) in [6.45, 7) is 3.38. The van der Waals surface area contributed by atoms with Crippen molar-refractivity contribution in [3.8, 4) is 6.07 Å². The highest BCUT2D eigenvalue weighted by atomic mass is 19.1. The SMILES string of the molecule is Cc1ccc(Nc2cc(C#N)ccc2C(=O)NOCC2COC2)c(F)c1. The van der Waals surface area contributed by atoms with Gasteiger partial charge in [0.15, 0.2) is 0 Å². The highest BCUT2D eigenvalue weighted by Gasteiger charge is 2.20. The number of carbonyl (C=O) groups is 1. The van der Waals surface area contributed by atoms with E-state index in [2.05, 4.69) is 10.8 Å². The molecule has 1 aliphatic rings. The molecule has 1 fully saturated rings. The quantitative estimate of drug-likeness (QED) is 0.778. The fraction of sp³-hybridized carbons (Fsp3) is 0.263. The van der Waals surface area contributed by atoms with E-state index in [4.69, 9.17) is 14.8 Å². The Labute approximate surface area is 150 Å². The molecule has 2 aromatic rings. The van der Waals surface area contributed by atoms with Gasteiger partial charge in [0.1, 0.15) is 5.82 Å². The van der Waals surface area contributed by atoms with Gasteiger partial charge in [0.2, 0.25) is 0 Å². The molecule has 0 bridgehead atoms. The maximum absolute atomic E-state index is 14.1. The molecule has 2 aromatic carbocycles. The third-order valence-corrected chi connectivity index (χ3v) is 3.98. The van der Waals surface area contributed by atoms with Gasteiger partial charge in [-0.15, -0.1) is 0 Å². The van der Waals surface area contributed by atoms with Crippen LogP contribution in [0, 0.1) is 30.0 Å². The summed E-state index contributed by atoms with van der Waals surface area (Å²) in [7, 11) is 0. The molecule has 0 aromatic heterocycles. The van der Waals surface area contributed by atoms with Gasteiger partial charge in [-0.25, -0.2) is 9.87 Å². The number of ether oxygens (including phenoxy) is 1. The largest absolute Gasteiger partial charge is 0.381 e. The first-order chi connectivity index (χ1) is 12.6. The predicted octanol–water partition coefficient (Wildman–Crippen LogP) is 3.06. The number of rotatable bonds is 6. The van der Waals surface area contributed by atoms with E-state index in [0.29, 0.717) is 31.1 Å². The molecular weight excluding hydrogens is 337 g/mol. The number of hydrogen-bond acceptors (Lipinski definition) is 5. The zero-order chi connectivity index (χ0) is 18.5. The van der Waals surface area contributed by atoms with E-state index in [9.17, 15) is 9.18 Å². The Bertz CT molecular complexity index is 860. The molecule has 0 radical (unpaired) electrons. The van der Waals surface area contributed by atoms with Crippen LogP contribution in [0.2, 0.25) is 0 Å². The lowest BCUT2D eigenvalue weighted by Crippen LogP contribution is -2.35. The summed E-state index contributed by atoms with van der Waals surface area (Å²) in [5, 5.41) is 12.0. The lowest BCUT2D eigenvalue weighted by molar-refractivity contribution is -0.0864. The lowest BCUT2D eigenvalue weighted by Gasteiger charge is -2.25. The van der Waals surface area contributed by atoms with E-state index >= 15 is 0 Å². The number of benzene rings is 2. The number of halogens is 1. The Morgan fingerprint density at radius 3 is 2.77 bits per heavy atom. The Kier molecular flexibility index (Phi) is 5.46. The van der Waals surface area contributed by atoms with Crippen LogP contribution in [0.15, 0.2) is 36.4 Å². The maximum Gasteiger partial charge on any atom is 0.276 e. The number of hydrogen-bond donors (Lipinski definition) is 2. The van der Waals surface area contributed by atoms with Gasteiger partial charge < -0.3 is 10.1 Å². The zero-order valence-electron chi connectivity index (χ0n) is 14.2. The number of nitrogens with one attached hydrogen (secondary N) is 2. The van der Waals surface area contributed by atoms with Crippen molar-refractivity contribution in [2.24, 2.45) is 5.92 Å². The molecule has 7 heteroatoms. The fourth-order valence-corrected chi connectivity index (χ4v) is 2.44. The third kappa shape index (κ3) is 4.17. The summed E-state index contributed by atoms with van der Waals surface area (Å²) in [6.07, 6.45) is 0. The number of amides is 1. The fourth-order valence-electron chi connectivity index (χ4n) is 2.44. The summed E-state index contributed by atoms with van der Waals surface area (Å²) in [6, 6.07) is 11.2. The Balaban J connectivity index is 1.78. The molecule has 134 valence electrons. The zero-order valence-corrected chi connectivity index (χ0v) is 14.2. The minimum atomic E-state index is -0.482. The van der Waals surface area contributed by atoms with Crippen molar-refractivity contribution in [3.05, 3.63) is 58.9 Å². The van der Waals surface area contributed by atoms with Crippen molar-refractivity contribution in [1.82, 2.24) is 5.48 Å². The van der Waals surface area contributed by atoms with Crippen molar-refractivity contribution in [3.63, 3.8) is 0 Å². The molecular formula is C19H18FN3O3. The highest BCUT2D eigenvalue weighted by Crippen LogP contribution is 2.25. The molecule has 6 nitrogen and oxygen atoms in total. The van der Waals surface area contributed by atoms with Crippen molar-refractivity contribution < 1.29 is 18.8 Å². The molecule has 2 N–H and O–H groups in total. The molecule has 3 rings (SSSR count). The summed E-state index contributed by atoms with van der Waals surface area (Å²) in [4.78, 5) is 17.6. The minimum Gasteiger partial charge on any atom is -0.381 e. The molecule has 0 aliphatic carbocycles. The summed E-state index contributed by atoms with van der Waals surface area (Å²) in [5.41, 5.74) is 4.29. The first-order valence-electron chi connectivity index (χ1n) is 8.14. The number of hydroxylamine groups is 1. The second-order valence-corrected chi connectivity index (χ2v) is 6.13. The van der Waals surface area contributed by atoms with Gasteiger partial charge in [-0.05, 0) is 42.8 Å². The number of carbonyl (C=O) groups excluding carboxylic acids is 1. The van der Waals surface area contributed by atoms with Gasteiger partial charge in [-0.1, -0.05) is 6.07 Å². The van der Waals surface area contributed by atoms with Crippen LogP contribution in [-0.2, 0) is 9.57 Å². The van der Waals surface area contributed by atoms with E-state index in [-0.39, 0.29) is 17.2 Å². The third-order valence-electron chi connectivity index (χ3n) is 3.98. The molecule has 0 unspecified atom stereocenters. The normalized spacial score (nSPS) is 13.6. The van der Waals surface area contributed by atoms with Gasteiger partial charge >= 0.3 is 0 Å². The second-order valence-electron chi connectivity index (χ2n) is 6.13. The molecule has 0 saturated carbocycles. The molecule has 26 heavy (non-hydrogen) atoms. The predicted molar refractivity (Wildman–Crippen MR) is 93.3 cm³/mol. The van der Waals surface area contributed by atoms with E-state index in [1.165, 1.54) is 24.3 Å². The van der Waals surface area contributed by atoms with Crippen molar-refractivity contribution in [2.75, 3.05) is 25.1 Å². The van der Waals surface area contributed by atoms with Crippen LogP contribution >= 0.6 is 0 Å². The van der Waals surface area contributed by atoms with Crippen LogP contribution in [0.1, 0.15) is 21.5 Å². The summed E-state index contributed by atoms with van der Waals surface area (Å²) < 4.78 is 19.2. The van der Waals surface area contributed by atoms with Crippen molar-refractivity contribution >= 4 is 17.3 Å². The average molecular weight is 355 g/mol. The van der Waals surface area contributed by atoms with E-state index in [1.54, 1.807) is 19.1 Å². The molecule has 0 spiro atoms. The minimum absolute atomic E-state index is 0.215. The van der Waals surface area contributed by atoms with E-state index in [1.807, 2.05) is 6.07 Å². The van der Waals surface area contributed by atoms with Crippen LogP contribution in [0.4, 0.5) is 15.8 Å². The van der Waals surface area contributed by atoms with Crippen molar-refractivity contribution in [2.45, 2.75) is 6.92 Å². The molecule has 1 saturated heterocycles. The standard InChI is InChI=1S/C19H18FN3O3/c1-12-2-5-17(16(20)6-12)22-18-7-13(8-21)3-4-15(18)19(24)23-26-11-14-9-25-10-14/h2-7,14,22H,9-11H2,1H3,(H,23,24). The van der Waals surface area contributed by atoms with Gasteiger partial charge in [0.25, 0.3) is 5.91 Å². The second kappa shape index (κ2) is 7.95. The first kappa shape index (κ1) is 17.9. The van der Waals surface area contributed by atoms with Crippen LogP contribution in [0.3, 0.4) is 0 Å². The maximum atomic E-state index is 14.1. The van der Waals surface area contributed by atoms with Crippen LogP contribution in [-0.4, -0.2) is 25.7 Å². The lowest BCUT2D eigenvalue weighted by atomic mass is 10.1. The van der Waals surface area contributed by atoms with Gasteiger partial charge in [0.05, 0.1) is 48.4 Å². The summed E-state index contributed by atoms with van der Waals surface area (Å²) in [5.74, 6) is -0.653. The van der Waals surface area contributed by atoms with Gasteiger partial charge in [-0.3, -0.25) is 9.63 Å². The van der Waals surface area contributed by atoms with Gasteiger partial charge in [0, 0.05) is 5.92 Å². The summed E-state index contributed by atoms with van der Waals surface area (Å²) >= 11 is 0. The molecule has 0 atom stereocenters. The van der Waals surface area contributed by atoms with Crippen LogP contribution in [0.25, 0.3) is 0 Å². The first-order valence-corrected chi connectivity index (χ1v) is 8.14. The highest BCUT2D eigenvalue weighted by molar-refractivity contribution is 6.00. The van der Waals surface area contributed by atoms with Crippen LogP contribution in [0.5, 0.6) is 0 Å². The van der Waals surface area contributed by atoms with Gasteiger partial charge in [-0.2, -0.15) is 5.26 Å². The smallest absolute Gasteiger partial charge is 0.276 e. The Morgan fingerprint density at radius 2 is 2.12 bits per heavy atom. The Hall–Kier alpha value is -2.95. The monoisotopic (exact) mass is 355 g/mol. The van der Waals surface area contributed by atoms with E-state index in [0.717, 1.165) is 5.56 Å². The average Bonchev–Trinajstić information content (AvgIpc) is 2.59. The molecule has 1 aliphatic heterocycles. The Morgan fingerprint density at radius 1 is 1.31 bits per heavy atom. The number of nitrogens with zero attached hydrogens (tertiary/aromatic N) is 1.